The van der Waals surface area contributed by atoms with Gasteiger partial charge in [0, 0.05) is 31.4 Å². The minimum atomic E-state index is 0.646. The van der Waals surface area contributed by atoms with E-state index < -0.39 is 0 Å². The lowest BCUT2D eigenvalue weighted by molar-refractivity contribution is 0.280. The summed E-state index contributed by atoms with van der Waals surface area (Å²) in [6, 6.07) is 9.71. The highest BCUT2D eigenvalue weighted by atomic mass is 15.1. The normalized spacial score (nSPS) is 17.7. The van der Waals surface area contributed by atoms with E-state index in [1.54, 1.807) is 0 Å². The van der Waals surface area contributed by atoms with Crippen molar-refractivity contribution in [2.75, 3.05) is 18.0 Å². The van der Waals surface area contributed by atoms with Gasteiger partial charge in [0.2, 0.25) is 0 Å². The number of hydrogen-bond acceptors (Lipinski definition) is 2. The van der Waals surface area contributed by atoms with Crippen molar-refractivity contribution in [3.05, 3.63) is 29.8 Å². The van der Waals surface area contributed by atoms with Crippen molar-refractivity contribution >= 4 is 5.69 Å². The van der Waals surface area contributed by atoms with E-state index in [9.17, 15) is 0 Å². The molecule has 2 heteroatoms. The van der Waals surface area contributed by atoms with Crippen LogP contribution < -0.4 is 10.2 Å². The lowest BCUT2D eigenvalue weighted by Crippen LogP contribution is -2.34. The van der Waals surface area contributed by atoms with Crippen LogP contribution in [0, 0.1) is 5.92 Å². The summed E-state index contributed by atoms with van der Waals surface area (Å²) < 4.78 is 0. The van der Waals surface area contributed by atoms with Crippen LogP contribution in [0.2, 0.25) is 0 Å². The molecule has 1 aromatic carbocycles. The highest BCUT2D eigenvalue weighted by molar-refractivity contribution is 5.47. The number of hydrogen-bond donors (Lipinski definition) is 1. The van der Waals surface area contributed by atoms with Gasteiger partial charge in [-0.1, -0.05) is 31.4 Å². The number of nitrogens with one attached hydrogen (secondary N) is 1. The summed E-state index contributed by atoms with van der Waals surface area (Å²) in [6.45, 7) is 9.94. The number of nitrogens with zero attached hydrogens (tertiary/aromatic N) is 1. The maximum atomic E-state index is 3.73. The fourth-order valence-corrected chi connectivity index (χ4v) is 3.49. The fourth-order valence-electron chi connectivity index (χ4n) is 3.49. The molecule has 1 unspecified atom stereocenters. The van der Waals surface area contributed by atoms with Crippen LogP contribution in [-0.4, -0.2) is 19.1 Å². The first kappa shape index (κ1) is 16.4. The van der Waals surface area contributed by atoms with Crippen LogP contribution in [0.1, 0.15) is 58.4 Å². The largest absolute Gasteiger partial charge is 0.372 e. The second kappa shape index (κ2) is 8.43. The van der Waals surface area contributed by atoms with E-state index in [0.717, 1.165) is 25.6 Å². The van der Waals surface area contributed by atoms with E-state index in [2.05, 4.69) is 55.3 Å². The highest BCUT2D eigenvalue weighted by Crippen LogP contribution is 2.26. The first-order valence-electron chi connectivity index (χ1n) is 8.81. The molecular weight excluding hydrogens is 256 g/mol. The first-order chi connectivity index (χ1) is 10.2. The highest BCUT2D eigenvalue weighted by Gasteiger charge is 2.19. The van der Waals surface area contributed by atoms with E-state index in [0.29, 0.717) is 6.04 Å². The number of benzene rings is 1. The Labute approximate surface area is 130 Å². The summed E-state index contributed by atoms with van der Waals surface area (Å²) in [6.07, 6.45) is 7.12. The third-order valence-electron chi connectivity index (χ3n) is 5.05. The molecule has 1 saturated carbocycles. The van der Waals surface area contributed by atoms with Gasteiger partial charge in [-0.3, -0.25) is 0 Å². The van der Waals surface area contributed by atoms with Crippen LogP contribution in [0.4, 0.5) is 5.69 Å². The van der Waals surface area contributed by atoms with Crippen molar-refractivity contribution < 1.29 is 0 Å². The lowest BCUT2D eigenvalue weighted by atomic mass is 9.84. The molecule has 0 spiro atoms. The molecule has 1 aliphatic rings. The zero-order valence-corrected chi connectivity index (χ0v) is 14.1. The van der Waals surface area contributed by atoms with Gasteiger partial charge in [0.1, 0.15) is 0 Å². The van der Waals surface area contributed by atoms with Gasteiger partial charge in [-0.2, -0.15) is 0 Å². The third-order valence-corrected chi connectivity index (χ3v) is 5.05. The summed E-state index contributed by atoms with van der Waals surface area (Å²) in [5, 5.41) is 3.73. The Kier molecular flexibility index (Phi) is 6.56. The molecule has 1 atom stereocenters. The lowest BCUT2D eigenvalue weighted by Gasteiger charge is -2.28. The monoisotopic (exact) mass is 288 g/mol. The number of rotatable bonds is 7. The zero-order valence-electron chi connectivity index (χ0n) is 14.1. The van der Waals surface area contributed by atoms with Gasteiger partial charge in [-0.25, -0.2) is 0 Å². The Morgan fingerprint density at radius 1 is 1.05 bits per heavy atom. The average molecular weight is 288 g/mol. The molecule has 0 aromatic heterocycles. The molecule has 21 heavy (non-hydrogen) atoms. The van der Waals surface area contributed by atoms with Gasteiger partial charge in [0.15, 0.2) is 0 Å². The summed E-state index contributed by atoms with van der Waals surface area (Å²) in [7, 11) is 0. The van der Waals surface area contributed by atoms with Gasteiger partial charge in [0.05, 0.1) is 0 Å². The fraction of sp³-hybridized carbons (Fsp3) is 0.684. The van der Waals surface area contributed by atoms with E-state index in [4.69, 9.17) is 0 Å². The smallest absolute Gasteiger partial charge is 0.0366 e. The van der Waals surface area contributed by atoms with Crippen LogP contribution in [0.3, 0.4) is 0 Å². The van der Waals surface area contributed by atoms with E-state index in [1.165, 1.54) is 43.4 Å². The molecule has 0 heterocycles. The summed E-state index contributed by atoms with van der Waals surface area (Å²) in [4.78, 5) is 2.39. The maximum absolute atomic E-state index is 3.73. The summed E-state index contributed by atoms with van der Waals surface area (Å²) in [5.41, 5.74) is 2.73. The topological polar surface area (TPSA) is 15.3 Å². The molecule has 0 aliphatic heterocycles. The van der Waals surface area contributed by atoms with E-state index in [-0.39, 0.29) is 0 Å². The maximum Gasteiger partial charge on any atom is 0.0366 e. The van der Waals surface area contributed by atoms with Crippen LogP contribution in [-0.2, 0) is 6.54 Å². The van der Waals surface area contributed by atoms with Crippen molar-refractivity contribution in [3.63, 3.8) is 0 Å². The molecule has 0 bridgehead atoms. The molecule has 1 fully saturated rings. The minimum absolute atomic E-state index is 0.646. The standard InChI is InChI=1S/C19H32N2/c1-4-21(5-2)19-13-11-17(12-14-19)15-20-16(3)18-9-7-6-8-10-18/h11-14,16,18,20H,4-10,15H2,1-3H3. The Morgan fingerprint density at radius 2 is 1.67 bits per heavy atom. The van der Waals surface area contributed by atoms with Crippen LogP contribution in [0.15, 0.2) is 24.3 Å². The van der Waals surface area contributed by atoms with E-state index >= 15 is 0 Å². The van der Waals surface area contributed by atoms with Crippen LogP contribution >= 0.6 is 0 Å². The van der Waals surface area contributed by atoms with Crippen LogP contribution in [0.5, 0.6) is 0 Å². The average Bonchev–Trinajstić information content (AvgIpc) is 2.55. The Morgan fingerprint density at radius 3 is 2.24 bits per heavy atom. The van der Waals surface area contributed by atoms with Crippen molar-refractivity contribution in [3.8, 4) is 0 Å². The van der Waals surface area contributed by atoms with Crippen LogP contribution in [0.25, 0.3) is 0 Å². The molecule has 2 rings (SSSR count). The van der Waals surface area contributed by atoms with Gasteiger partial charge < -0.3 is 10.2 Å². The van der Waals surface area contributed by atoms with Crippen molar-refractivity contribution in [2.24, 2.45) is 5.92 Å². The number of anilines is 1. The molecule has 1 N–H and O–H groups in total. The third kappa shape index (κ3) is 4.74. The summed E-state index contributed by atoms with van der Waals surface area (Å²) in [5.74, 6) is 0.883. The quantitative estimate of drug-likeness (QED) is 0.789. The molecule has 0 amide bonds. The molecule has 0 saturated heterocycles. The predicted molar refractivity (Wildman–Crippen MR) is 92.9 cm³/mol. The molecule has 1 aliphatic carbocycles. The van der Waals surface area contributed by atoms with Crippen molar-refractivity contribution in [1.29, 1.82) is 0 Å². The predicted octanol–water partition coefficient (Wildman–Crippen LogP) is 4.59. The Balaban J connectivity index is 1.82. The second-order valence-corrected chi connectivity index (χ2v) is 6.41. The molecule has 1 aromatic rings. The minimum Gasteiger partial charge on any atom is -0.372 e. The van der Waals surface area contributed by atoms with Gasteiger partial charge in [-0.05, 0) is 57.2 Å². The van der Waals surface area contributed by atoms with Gasteiger partial charge in [0.25, 0.3) is 0 Å². The zero-order chi connectivity index (χ0) is 15.1. The SMILES string of the molecule is CCN(CC)c1ccc(CNC(C)C2CCCCC2)cc1. The Hall–Kier alpha value is -1.02. The van der Waals surface area contributed by atoms with Gasteiger partial charge >= 0.3 is 0 Å². The second-order valence-electron chi connectivity index (χ2n) is 6.41. The Bertz CT molecular complexity index is 389. The molecular formula is C19H32N2. The van der Waals surface area contributed by atoms with Crippen molar-refractivity contribution in [1.82, 2.24) is 5.32 Å². The molecule has 118 valence electrons. The first-order valence-corrected chi connectivity index (χ1v) is 8.81. The summed E-state index contributed by atoms with van der Waals surface area (Å²) >= 11 is 0. The van der Waals surface area contributed by atoms with E-state index in [1.807, 2.05) is 0 Å². The molecule has 0 radical (unpaired) electrons. The molecule has 2 nitrogen and oxygen atoms in total. The van der Waals surface area contributed by atoms with Crippen molar-refractivity contribution in [2.45, 2.75) is 65.5 Å². The van der Waals surface area contributed by atoms with Gasteiger partial charge in [-0.15, -0.1) is 0 Å².